The van der Waals surface area contributed by atoms with Gasteiger partial charge in [-0.05, 0) is 36.4 Å². The number of hydrogen-bond acceptors (Lipinski definition) is 2. The molecule has 2 aromatic rings. The maximum atomic E-state index is 13.4. The summed E-state index contributed by atoms with van der Waals surface area (Å²) in [5.41, 5.74) is -0.0725. The van der Waals surface area contributed by atoms with Crippen LogP contribution in [0.25, 0.3) is 0 Å². The molecule has 1 unspecified atom stereocenters. The van der Waals surface area contributed by atoms with E-state index in [0.29, 0.717) is 10.8 Å². The first-order chi connectivity index (χ1) is 9.56. The van der Waals surface area contributed by atoms with Gasteiger partial charge in [0.2, 0.25) is 0 Å². The summed E-state index contributed by atoms with van der Waals surface area (Å²) in [4.78, 5) is 0.947. The van der Waals surface area contributed by atoms with Gasteiger partial charge >= 0.3 is 0 Å². The van der Waals surface area contributed by atoms with Gasteiger partial charge in [-0.2, -0.15) is 0 Å². The number of benzene rings is 2. The minimum absolute atomic E-state index is 0.0426. The van der Waals surface area contributed by atoms with Crippen molar-refractivity contribution in [3.05, 3.63) is 64.7 Å². The van der Waals surface area contributed by atoms with Gasteiger partial charge in [-0.1, -0.05) is 17.7 Å². The molecule has 0 saturated heterocycles. The molecule has 2 rings (SSSR count). The fourth-order valence-electron chi connectivity index (χ4n) is 1.75. The number of hydrogen-bond donors (Lipinski definition) is 1. The molecule has 1 atom stereocenters. The Morgan fingerprint density at radius 1 is 1.05 bits per heavy atom. The molecule has 1 nitrogen and oxygen atoms in total. The molecule has 0 aliphatic carbocycles. The standard InChI is InChI=1S/C15H13ClF2OS/c16-10-4-6-12(7-5-10)20-9-11(19)8-13-14(17)2-1-3-15(13)18/h1-7,11,19H,8-9H2. The van der Waals surface area contributed by atoms with Crippen LogP contribution in [-0.2, 0) is 6.42 Å². The van der Waals surface area contributed by atoms with Crippen molar-refractivity contribution in [2.45, 2.75) is 17.4 Å². The minimum Gasteiger partial charge on any atom is -0.392 e. The summed E-state index contributed by atoms with van der Waals surface area (Å²) in [6, 6.07) is 10.9. The lowest BCUT2D eigenvalue weighted by molar-refractivity contribution is 0.197. The normalized spacial score (nSPS) is 12.4. The molecule has 0 bridgehead atoms. The van der Waals surface area contributed by atoms with Crippen LogP contribution in [0.2, 0.25) is 5.02 Å². The zero-order valence-electron chi connectivity index (χ0n) is 10.5. The molecule has 0 heterocycles. The van der Waals surface area contributed by atoms with Gasteiger partial charge in [0.25, 0.3) is 0 Å². The van der Waals surface area contributed by atoms with Crippen LogP contribution in [0.5, 0.6) is 0 Å². The van der Waals surface area contributed by atoms with Crippen LogP contribution in [-0.4, -0.2) is 17.0 Å². The Hall–Kier alpha value is -1.10. The molecule has 1 N–H and O–H groups in total. The fourth-order valence-corrected chi connectivity index (χ4v) is 2.70. The highest BCUT2D eigenvalue weighted by molar-refractivity contribution is 7.99. The molecule has 0 aliphatic rings. The first-order valence-electron chi connectivity index (χ1n) is 6.05. The van der Waals surface area contributed by atoms with Crippen LogP contribution >= 0.6 is 23.4 Å². The van der Waals surface area contributed by atoms with E-state index in [9.17, 15) is 13.9 Å². The molecular formula is C15H13ClF2OS. The van der Waals surface area contributed by atoms with Crippen LogP contribution in [0.1, 0.15) is 5.56 Å². The maximum Gasteiger partial charge on any atom is 0.129 e. The van der Waals surface area contributed by atoms with E-state index in [1.165, 1.54) is 30.0 Å². The summed E-state index contributed by atoms with van der Waals surface area (Å²) in [5.74, 6) is -0.892. The van der Waals surface area contributed by atoms with E-state index < -0.39 is 17.7 Å². The first kappa shape index (κ1) is 15.3. The smallest absolute Gasteiger partial charge is 0.129 e. The van der Waals surface area contributed by atoms with Gasteiger partial charge in [0.1, 0.15) is 11.6 Å². The number of aliphatic hydroxyl groups excluding tert-OH is 1. The van der Waals surface area contributed by atoms with E-state index in [0.717, 1.165) is 4.90 Å². The second-order valence-electron chi connectivity index (χ2n) is 4.32. The highest BCUT2D eigenvalue weighted by Crippen LogP contribution is 2.22. The van der Waals surface area contributed by atoms with Crippen molar-refractivity contribution in [2.75, 3.05) is 5.75 Å². The SMILES string of the molecule is OC(CSc1ccc(Cl)cc1)Cc1c(F)cccc1F. The van der Waals surface area contributed by atoms with Crippen LogP contribution in [0.15, 0.2) is 47.4 Å². The lowest BCUT2D eigenvalue weighted by Gasteiger charge is -2.11. The molecule has 0 fully saturated rings. The lowest BCUT2D eigenvalue weighted by atomic mass is 10.1. The molecule has 0 radical (unpaired) electrons. The van der Waals surface area contributed by atoms with Gasteiger partial charge in [0.15, 0.2) is 0 Å². The van der Waals surface area contributed by atoms with E-state index >= 15 is 0 Å². The van der Waals surface area contributed by atoms with E-state index in [4.69, 9.17) is 11.6 Å². The summed E-state index contributed by atoms with van der Waals surface area (Å²) < 4.78 is 26.9. The number of rotatable bonds is 5. The third kappa shape index (κ3) is 4.20. The highest BCUT2D eigenvalue weighted by atomic mass is 35.5. The third-order valence-electron chi connectivity index (χ3n) is 2.76. The lowest BCUT2D eigenvalue weighted by Crippen LogP contribution is -2.15. The van der Waals surface area contributed by atoms with Crippen molar-refractivity contribution in [1.82, 2.24) is 0 Å². The molecule has 0 spiro atoms. The Labute approximate surface area is 125 Å². The molecule has 0 saturated carbocycles. The van der Waals surface area contributed by atoms with Gasteiger partial charge < -0.3 is 5.11 Å². The topological polar surface area (TPSA) is 20.2 Å². The largest absolute Gasteiger partial charge is 0.392 e. The Morgan fingerprint density at radius 2 is 1.65 bits per heavy atom. The molecule has 5 heteroatoms. The van der Waals surface area contributed by atoms with E-state index in [-0.39, 0.29) is 12.0 Å². The third-order valence-corrected chi connectivity index (χ3v) is 4.17. The summed E-state index contributed by atoms with van der Waals surface area (Å²) in [6.45, 7) is 0. The first-order valence-corrected chi connectivity index (χ1v) is 7.42. The van der Waals surface area contributed by atoms with E-state index in [1.807, 2.05) is 12.1 Å². The van der Waals surface area contributed by atoms with E-state index in [2.05, 4.69) is 0 Å². The van der Waals surface area contributed by atoms with Crippen molar-refractivity contribution in [1.29, 1.82) is 0 Å². The van der Waals surface area contributed by atoms with Crippen LogP contribution < -0.4 is 0 Å². The predicted molar refractivity (Wildman–Crippen MR) is 78.2 cm³/mol. The molecule has 0 aliphatic heterocycles. The van der Waals surface area contributed by atoms with Gasteiger partial charge in [0, 0.05) is 27.7 Å². The molecular weight excluding hydrogens is 302 g/mol. The second-order valence-corrected chi connectivity index (χ2v) is 5.85. The Morgan fingerprint density at radius 3 is 2.25 bits per heavy atom. The van der Waals surface area contributed by atoms with Gasteiger partial charge in [-0.15, -0.1) is 11.8 Å². The average Bonchev–Trinajstić information content (AvgIpc) is 2.42. The Balaban J connectivity index is 1.92. The number of aliphatic hydroxyl groups is 1. The summed E-state index contributed by atoms with van der Waals surface area (Å²) in [7, 11) is 0. The maximum absolute atomic E-state index is 13.4. The van der Waals surface area contributed by atoms with Gasteiger partial charge in [0.05, 0.1) is 6.10 Å². The molecule has 0 amide bonds. The van der Waals surface area contributed by atoms with E-state index in [1.54, 1.807) is 12.1 Å². The van der Waals surface area contributed by atoms with Gasteiger partial charge in [-0.25, -0.2) is 8.78 Å². The average molecular weight is 315 g/mol. The quantitative estimate of drug-likeness (QED) is 0.830. The van der Waals surface area contributed by atoms with Crippen molar-refractivity contribution in [3.63, 3.8) is 0 Å². The zero-order valence-corrected chi connectivity index (χ0v) is 12.1. The zero-order chi connectivity index (χ0) is 14.5. The van der Waals surface area contributed by atoms with Crippen molar-refractivity contribution < 1.29 is 13.9 Å². The molecule has 2 aromatic carbocycles. The van der Waals surface area contributed by atoms with Crippen molar-refractivity contribution >= 4 is 23.4 Å². The minimum atomic E-state index is -0.818. The Bertz CT molecular complexity index is 554. The van der Waals surface area contributed by atoms with Crippen LogP contribution in [0.4, 0.5) is 8.78 Å². The molecule has 20 heavy (non-hydrogen) atoms. The fraction of sp³-hybridized carbons (Fsp3) is 0.200. The summed E-state index contributed by atoms with van der Waals surface area (Å²) >= 11 is 7.19. The highest BCUT2D eigenvalue weighted by Gasteiger charge is 2.14. The Kier molecular flexibility index (Phi) is 5.40. The summed E-state index contributed by atoms with van der Waals surface area (Å²) in [5, 5.41) is 10.5. The van der Waals surface area contributed by atoms with Crippen molar-refractivity contribution in [3.8, 4) is 0 Å². The number of thioether (sulfide) groups is 1. The van der Waals surface area contributed by atoms with Crippen LogP contribution in [0, 0.1) is 11.6 Å². The monoisotopic (exact) mass is 314 g/mol. The summed E-state index contributed by atoms with van der Waals surface area (Å²) in [6.07, 6.45) is -0.860. The number of halogens is 3. The second kappa shape index (κ2) is 7.07. The molecule has 106 valence electrons. The predicted octanol–water partition coefficient (Wildman–Crippen LogP) is 4.31. The van der Waals surface area contributed by atoms with Gasteiger partial charge in [-0.3, -0.25) is 0 Å². The van der Waals surface area contributed by atoms with Crippen molar-refractivity contribution in [2.24, 2.45) is 0 Å². The van der Waals surface area contributed by atoms with Crippen LogP contribution in [0.3, 0.4) is 0 Å². The molecule has 0 aromatic heterocycles.